The van der Waals surface area contributed by atoms with Gasteiger partial charge in [0.2, 0.25) is 0 Å². The lowest BCUT2D eigenvalue weighted by atomic mass is 9.79. The van der Waals surface area contributed by atoms with E-state index >= 15 is 0 Å². The van der Waals surface area contributed by atoms with Crippen molar-refractivity contribution >= 4 is 28.5 Å². The lowest BCUT2D eigenvalue weighted by Crippen LogP contribution is -3.06. The van der Waals surface area contributed by atoms with Gasteiger partial charge in [-0.25, -0.2) is 0 Å². The van der Waals surface area contributed by atoms with Crippen molar-refractivity contribution in [3.63, 3.8) is 0 Å². The Morgan fingerprint density at radius 2 is 1.88 bits per heavy atom. The summed E-state index contributed by atoms with van der Waals surface area (Å²) < 4.78 is 5.79. The number of quaternary nitrogens is 1. The van der Waals surface area contributed by atoms with E-state index in [1.807, 2.05) is 19.1 Å². The summed E-state index contributed by atoms with van der Waals surface area (Å²) in [6, 6.07) is 5.71. The van der Waals surface area contributed by atoms with E-state index in [-0.39, 0.29) is 23.0 Å². The Morgan fingerprint density at radius 3 is 2.46 bits per heavy atom. The molecule has 0 bridgehead atoms. The van der Waals surface area contributed by atoms with E-state index in [0.717, 1.165) is 23.8 Å². The van der Waals surface area contributed by atoms with E-state index in [4.69, 9.17) is 16.0 Å². The zero-order valence-electron chi connectivity index (χ0n) is 15.0. The third-order valence-electron chi connectivity index (χ3n) is 4.78. The van der Waals surface area contributed by atoms with Gasteiger partial charge in [0.25, 0.3) is 5.91 Å². The highest BCUT2D eigenvalue weighted by molar-refractivity contribution is 6.35. The maximum atomic E-state index is 12.8. The molecule has 1 aliphatic rings. The van der Waals surface area contributed by atoms with Crippen molar-refractivity contribution < 1.29 is 14.5 Å². The number of hydrogen-bond donors (Lipinski definition) is 2. The predicted molar refractivity (Wildman–Crippen MR) is 96.5 cm³/mol. The van der Waals surface area contributed by atoms with Gasteiger partial charge in [0.1, 0.15) is 0 Å². The minimum atomic E-state index is -0.154. The molecule has 0 saturated carbocycles. The third-order valence-corrected chi connectivity index (χ3v) is 5.08. The Hall–Kier alpha value is -1.52. The van der Waals surface area contributed by atoms with Gasteiger partial charge >= 0.3 is 0 Å². The van der Waals surface area contributed by atoms with Crippen molar-refractivity contribution in [2.24, 2.45) is 0 Å². The number of fused-ring (bicyclic) bond motifs is 1. The zero-order valence-corrected chi connectivity index (χ0v) is 15.8. The molecule has 0 spiro atoms. The summed E-state index contributed by atoms with van der Waals surface area (Å²) in [5.41, 5.74) is 1.63. The molecule has 4 nitrogen and oxygen atoms in total. The Balaban J connectivity index is 1.85. The summed E-state index contributed by atoms with van der Waals surface area (Å²) in [6.45, 7) is 10.8. The summed E-state index contributed by atoms with van der Waals surface area (Å²) in [5.74, 6) is 0.210. The molecular weight excluding hydrogens is 324 g/mol. The van der Waals surface area contributed by atoms with Crippen molar-refractivity contribution in [2.45, 2.75) is 64.6 Å². The van der Waals surface area contributed by atoms with Gasteiger partial charge in [-0.3, -0.25) is 4.79 Å². The summed E-state index contributed by atoms with van der Waals surface area (Å²) in [6.07, 6.45) is 1.87. The van der Waals surface area contributed by atoms with Crippen molar-refractivity contribution in [1.29, 1.82) is 0 Å². The highest BCUT2D eigenvalue weighted by atomic mass is 35.5. The monoisotopic (exact) mass is 349 g/mol. The van der Waals surface area contributed by atoms with Crippen LogP contribution < -0.4 is 10.6 Å². The summed E-state index contributed by atoms with van der Waals surface area (Å²) >= 11 is 6.18. The van der Waals surface area contributed by atoms with Gasteiger partial charge in [-0.1, -0.05) is 23.7 Å². The smallest absolute Gasteiger partial charge is 0.287 e. The van der Waals surface area contributed by atoms with Gasteiger partial charge in [0, 0.05) is 29.8 Å². The number of rotatable bonds is 2. The molecule has 0 atom stereocenters. The number of piperidine rings is 1. The first-order valence-electron chi connectivity index (χ1n) is 8.44. The molecule has 1 aromatic carbocycles. The number of hydrogen-bond acceptors (Lipinski definition) is 2. The van der Waals surface area contributed by atoms with Crippen LogP contribution >= 0.6 is 11.6 Å². The van der Waals surface area contributed by atoms with Crippen molar-refractivity contribution in [2.75, 3.05) is 0 Å². The van der Waals surface area contributed by atoms with Gasteiger partial charge in [-0.05, 0) is 40.7 Å². The molecule has 130 valence electrons. The zero-order chi connectivity index (χ0) is 17.7. The van der Waals surface area contributed by atoms with E-state index in [2.05, 4.69) is 38.3 Å². The average Bonchev–Trinajstić information content (AvgIpc) is 2.74. The highest BCUT2D eigenvalue weighted by Crippen LogP contribution is 2.31. The minimum absolute atomic E-state index is 0.103. The quantitative estimate of drug-likeness (QED) is 0.872. The molecule has 3 rings (SSSR count). The number of para-hydroxylation sites is 1. The first kappa shape index (κ1) is 17.3. The second-order valence-corrected chi connectivity index (χ2v) is 8.78. The van der Waals surface area contributed by atoms with Crippen LogP contribution in [-0.4, -0.2) is 23.0 Å². The molecule has 2 heterocycles. The van der Waals surface area contributed by atoms with E-state index < -0.39 is 0 Å². The fraction of sp³-hybridized carbons (Fsp3) is 0.526. The fourth-order valence-corrected chi connectivity index (χ4v) is 4.51. The van der Waals surface area contributed by atoms with Gasteiger partial charge < -0.3 is 15.1 Å². The number of benzene rings is 1. The molecule has 1 aliphatic heterocycles. The van der Waals surface area contributed by atoms with Crippen molar-refractivity contribution in [3.05, 3.63) is 34.5 Å². The Morgan fingerprint density at radius 1 is 1.25 bits per heavy atom. The standard InChI is InChI=1S/C19H25ClN2O2/c1-11-13-7-6-8-14(20)16(13)24-15(11)17(23)21-12-9-18(2,3)22-19(4,5)10-12/h6-8,12,22H,9-10H2,1-5H3,(H,21,23)/p+1. The van der Waals surface area contributed by atoms with Crippen LogP contribution in [-0.2, 0) is 0 Å². The largest absolute Gasteiger partial charge is 0.449 e. The number of halogens is 1. The molecule has 5 heteroatoms. The first-order valence-corrected chi connectivity index (χ1v) is 8.81. The molecule has 1 fully saturated rings. The number of furan rings is 1. The van der Waals surface area contributed by atoms with Crippen LogP contribution in [0.4, 0.5) is 0 Å². The van der Waals surface area contributed by atoms with Crippen molar-refractivity contribution in [3.8, 4) is 0 Å². The van der Waals surface area contributed by atoms with Crippen LogP contribution in [0.2, 0.25) is 5.02 Å². The van der Waals surface area contributed by atoms with Crippen molar-refractivity contribution in [1.82, 2.24) is 5.32 Å². The molecule has 1 saturated heterocycles. The van der Waals surface area contributed by atoms with Crippen LogP contribution in [0.25, 0.3) is 11.0 Å². The Kier molecular flexibility index (Phi) is 4.17. The summed E-state index contributed by atoms with van der Waals surface area (Å²) in [5, 5.41) is 7.00. The fourth-order valence-electron chi connectivity index (χ4n) is 4.30. The van der Waals surface area contributed by atoms with E-state index in [1.54, 1.807) is 6.07 Å². The SMILES string of the molecule is Cc1c(C(=O)NC2CC(C)(C)[NH2+]C(C)(C)C2)oc2c(Cl)cccc12. The van der Waals surface area contributed by atoms with Crippen LogP contribution in [0.5, 0.6) is 0 Å². The molecule has 1 amide bonds. The second kappa shape index (κ2) is 5.78. The van der Waals surface area contributed by atoms with Gasteiger partial charge in [0.05, 0.1) is 16.1 Å². The molecule has 1 aromatic heterocycles. The van der Waals surface area contributed by atoms with E-state index in [0.29, 0.717) is 16.4 Å². The lowest BCUT2D eigenvalue weighted by Gasteiger charge is -2.43. The van der Waals surface area contributed by atoms with E-state index in [1.165, 1.54) is 0 Å². The molecule has 24 heavy (non-hydrogen) atoms. The number of carbonyl (C=O) groups excluding carboxylic acids is 1. The third kappa shape index (κ3) is 3.31. The maximum absolute atomic E-state index is 12.8. The number of aryl methyl sites for hydroxylation is 1. The van der Waals surface area contributed by atoms with Crippen LogP contribution in [0, 0.1) is 6.92 Å². The molecule has 0 aliphatic carbocycles. The van der Waals surface area contributed by atoms with Gasteiger partial charge in [-0.15, -0.1) is 0 Å². The number of amides is 1. The predicted octanol–water partition coefficient (Wildman–Crippen LogP) is 3.41. The Bertz CT molecular complexity index is 776. The lowest BCUT2D eigenvalue weighted by molar-refractivity contribution is -0.787. The maximum Gasteiger partial charge on any atom is 0.287 e. The molecule has 2 aromatic rings. The topological polar surface area (TPSA) is 58.9 Å². The average molecular weight is 350 g/mol. The first-order chi connectivity index (χ1) is 11.1. The summed E-state index contributed by atoms with van der Waals surface area (Å²) in [7, 11) is 0. The molecule has 0 unspecified atom stereocenters. The number of nitrogens with one attached hydrogen (secondary N) is 1. The number of nitrogens with two attached hydrogens (primary N) is 1. The van der Waals surface area contributed by atoms with Crippen LogP contribution in [0.1, 0.15) is 56.7 Å². The summed E-state index contributed by atoms with van der Waals surface area (Å²) in [4.78, 5) is 12.8. The van der Waals surface area contributed by atoms with Crippen LogP contribution in [0.15, 0.2) is 22.6 Å². The molecule has 0 radical (unpaired) electrons. The minimum Gasteiger partial charge on any atom is -0.449 e. The van der Waals surface area contributed by atoms with E-state index in [9.17, 15) is 4.79 Å². The normalized spacial score (nSPS) is 20.2. The molecule has 3 N–H and O–H groups in total. The number of carbonyl (C=O) groups is 1. The van der Waals surface area contributed by atoms with Crippen LogP contribution in [0.3, 0.4) is 0 Å². The molecular formula is C19H26ClN2O2+. The Labute approximate surface area is 147 Å². The second-order valence-electron chi connectivity index (χ2n) is 8.37. The van der Waals surface area contributed by atoms with Gasteiger partial charge in [-0.2, -0.15) is 0 Å². The highest BCUT2D eigenvalue weighted by Gasteiger charge is 2.42. The van der Waals surface area contributed by atoms with Gasteiger partial charge in [0.15, 0.2) is 11.3 Å².